The first-order valence-electron chi connectivity index (χ1n) is 8.15. The van der Waals surface area contributed by atoms with Crippen molar-refractivity contribution in [1.82, 2.24) is 15.3 Å². The lowest BCUT2D eigenvalue weighted by Crippen LogP contribution is -2.36. The van der Waals surface area contributed by atoms with Crippen LogP contribution in [-0.4, -0.2) is 48.7 Å². The Morgan fingerprint density at radius 1 is 1.24 bits per heavy atom. The van der Waals surface area contributed by atoms with Crippen LogP contribution in [0.25, 0.3) is 0 Å². The molecule has 1 amide bonds. The smallest absolute Gasteiger partial charge is 0.270 e. The summed E-state index contributed by atoms with van der Waals surface area (Å²) in [7, 11) is 0. The van der Waals surface area contributed by atoms with Crippen LogP contribution in [0.4, 0.5) is 5.69 Å². The number of anilines is 1. The molecule has 2 aromatic rings. The zero-order valence-electron chi connectivity index (χ0n) is 13.8. The summed E-state index contributed by atoms with van der Waals surface area (Å²) in [5.41, 5.74) is 2.52. The predicted molar refractivity (Wildman–Crippen MR) is 92.3 cm³/mol. The van der Waals surface area contributed by atoms with E-state index in [2.05, 4.69) is 44.5 Å². The van der Waals surface area contributed by atoms with Crippen molar-refractivity contribution in [3.05, 3.63) is 53.6 Å². The van der Waals surface area contributed by atoms with E-state index in [1.54, 1.807) is 6.20 Å². The number of nitrogens with zero attached hydrogens (tertiary/aromatic N) is 4. The van der Waals surface area contributed by atoms with Gasteiger partial charge in [0.1, 0.15) is 18.1 Å². The minimum atomic E-state index is -0.368. The topological polar surface area (TPSA) is 91.1 Å². The van der Waals surface area contributed by atoms with Crippen molar-refractivity contribution in [1.29, 1.82) is 5.26 Å². The van der Waals surface area contributed by atoms with Crippen LogP contribution >= 0.6 is 0 Å². The molecule has 1 aliphatic rings. The van der Waals surface area contributed by atoms with Crippen molar-refractivity contribution in [3.8, 4) is 6.07 Å². The molecule has 128 valence electrons. The van der Waals surface area contributed by atoms with Gasteiger partial charge in [0, 0.05) is 31.4 Å². The Bertz CT molecular complexity index is 764. The SMILES string of the molecule is N#CCNC(=O)c1ccnc(Cc2ccc(N3CCOCC3)cc2)n1. The number of benzene rings is 1. The number of hydrogen-bond acceptors (Lipinski definition) is 6. The second-order valence-electron chi connectivity index (χ2n) is 5.64. The maximum Gasteiger partial charge on any atom is 0.270 e. The minimum Gasteiger partial charge on any atom is -0.378 e. The molecule has 0 aliphatic carbocycles. The Morgan fingerprint density at radius 2 is 2.00 bits per heavy atom. The summed E-state index contributed by atoms with van der Waals surface area (Å²) in [6.07, 6.45) is 2.11. The van der Waals surface area contributed by atoms with Gasteiger partial charge >= 0.3 is 0 Å². The van der Waals surface area contributed by atoms with E-state index in [-0.39, 0.29) is 18.1 Å². The zero-order valence-corrected chi connectivity index (χ0v) is 13.8. The van der Waals surface area contributed by atoms with Gasteiger partial charge in [0.15, 0.2) is 0 Å². The Balaban J connectivity index is 1.66. The fourth-order valence-corrected chi connectivity index (χ4v) is 2.65. The van der Waals surface area contributed by atoms with Gasteiger partial charge in [-0.2, -0.15) is 5.26 Å². The van der Waals surface area contributed by atoms with Gasteiger partial charge in [0.25, 0.3) is 5.91 Å². The van der Waals surface area contributed by atoms with Crippen molar-refractivity contribution in [2.45, 2.75) is 6.42 Å². The van der Waals surface area contributed by atoms with E-state index < -0.39 is 0 Å². The summed E-state index contributed by atoms with van der Waals surface area (Å²) in [6.45, 7) is 3.29. The summed E-state index contributed by atoms with van der Waals surface area (Å²) in [4.78, 5) is 22.7. The summed E-state index contributed by atoms with van der Waals surface area (Å²) in [5, 5.41) is 11.0. The van der Waals surface area contributed by atoms with Crippen LogP contribution in [0.5, 0.6) is 0 Å². The highest BCUT2D eigenvalue weighted by molar-refractivity contribution is 5.92. The van der Waals surface area contributed by atoms with Crippen LogP contribution in [-0.2, 0) is 11.2 Å². The zero-order chi connectivity index (χ0) is 17.5. The van der Waals surface area contributed by atoms with Gasteiger partial charge in [-0.25, -0.2) is 9.97 Å². The average molecular weight is 337 g/mol. The van der Waals surface area contributed by atoms with Gasteiger partial charge < -0.3 is 15.0 Å². The molecule has 0 saturated carbocycles. The number of aromatic nitrogens is 2. The van der Waals surface area contributed by atoms with Crippen molar-refractivity contribution >= 4 is 11.6 Å². The lowest BCUT2D eigenvalue weighted by Gasteiger charge is -2.28. The van der Waals surface area contributed by atoms with Crippen LogP contribution in [0.15, 0.2) is 36.5 Å². The first-order valence-corrected chi connectivity index (χ1v) is 8.15. The number of carbonyl (C=O) groups excluding carboxylic acids is 1. The van der Waals surface area contributed by atoms with E-state index in [0.717, 1.165) is 31.9 Å². The third-order valence-corrected chi connectivity index (χ3v) is 3.94. The predicted octanol–water partition coefficient (Wildman–Crippen LogP) is 1.16. The number of hydrogen-bond donors (Lipinski definition) is 1. The quantitative estimate of drug-likeness (QED) is 0.823. The number of nitriles is 1. The lowest BCUT2D eigenvalue weighted by molar-refractivity contribution is 0.0953. The summed E-state index contributed by atoms with van der Waals surface area (Å²) in [5.74, 6) is 0.205. The van der Waals surface area contributed by atoms with Gasteiger partial charge in [-0.05, 0) is 23.8 Å². The normalized spacial score (nSPS) is 14.0. The van der Waals surface area contributed by atoms with Crippen LogP contribution in [0.3, 0.4) is 0 Å². The molecule has 7 nitrogen and oxygen atoms in total. The molecule has 1 fully saturated rings. The second kappa shape index (κ2) is 8.22. The van der Waals surface area contributed by atoms with E-state index in [4.69, 9.17) is 10.00 Å². The largest absolute Gasteiger partial charge is 0.378 e. The number of nitrogens with one attached hydrogen (secondary N) is 1. The third kappa shape index (κ3) is 4.52. The Kier molecular flexibility index (Phi) is 5.54. The first-order chi connectivity index (χ1) is 12.3. The Morgan fingerprint density at radius 3 is 2.72 bits per heavy atom. The van der Waals surface area contributed by atoms with Crippen LogP contribution in [0.2, 0.25) is 0 Å². The number of ether oxygens (including phenoxy) is 1. The van der Waals surface area contributed by atoms with Gasteiger partial charge in [0.05, 0.1) is 19.3 Å². The number of amides is 1. The first kappa shape index (κ1) is 16.9. The molecular formula is C18H19N5O2. The molecule has 1 saturated heterocycles. The van der Waals surface area contributed by atoms with Gasteiger partial charge in [-0.1, -0.05) is 12.1 Å². The molecule has 1 N–H and O–H groups in total. The maximum atomic E-state index is 11.9. The molecular weight excluding hydrogens is 318 g/mol. The molecule has 0 spiro atoms. The van der Waals surface area contributed by atoms with Gasteiger partial charge in [-0.15, -0.1) is 0 Å². The van der Waals surface area contributed by atoms with E-state index in [9.17, 15) is 4.79 Å². The fourth-order valence-electron chi connectivity index (χ4n) is 2.65. The Labute approximate surface area is 146 Å². The third-order valence-electron chi connectivity index (χ3n) is 3.94. The van der Waals surface area contributed by atoms with Crippen molar-refractivity contribution in [3.63, 3.8) is 0 Å². The van der Waals surface area contributed by atoms with Gasteiger partial charge in [0.2, 0.25) is 0 Å². The van der Waals surface area contributed by atoms with Crippen molar-refractivity contribution < 1.29 is 9.53 Å². The molecule has 25 heavy (non-hydrogen) atoms. The molecule has 2 heterocycles. The molecule has 1 aliphatic heterocycles. The monoisotopic (exact) mass is 337 g/mol. The lowest BCUT2D eigenvalue weighted by atomic mass is 10.1. The fraction of sp³-hybridized carbons (Fsp3) is 0.333. The van der Waals surface area contributed by atoms with E-state index in [0.29, 0.717) is 12.2 Å². The summed E-state index contributed by atoms with van der Waals surface area (Å²) >= 11 is 0. The molecule has 0 bridgehead atoms. The maximum absolute atomic E-state index is 11.9. The second-order valence-corrected chi connectivity index (χ2v) is 5.64. The number of carbonyl (C=O) groups is 1. The molecule has 7 heteroatoms. The molecule has 1 aromatic heterocycles. The minimum absolute atomic E-state index is 0.0405. The molecule has 3 rings (SSSR count). The van der Waals surface area contributed by atoms with E-state index in [1.165, 1.54) is 11.8 Å². The Hall–Kier alpha value is -2.98. The van der Waals surface area contributed by atoms with E-state index in [1.807, 2.05) is 6.07 Å². The molecule has 0 atom stereocenters. The molecule has 0 unspecified atom stereocenters. The summed E-state index contributed by atoms with van der Waals surface area (Å²) in [6, 6.07) is 11.7. The number of rotatable bonds is 5. The van der Waals surface area contributed by atoms with Crippen LogP contribution < -0.4 is 10.2 Å². The van der Waals surface area contributed by atoms with Crippen LogP contribution in [0, 0.1) is 11.3 Å². The standard InChI is InChI=1S/C18H19N5O2/c19-6-8-21-18(24)16-5-7-20-17(22-16)13-14-1-3-15(4-2-14)23-9-11-25-12-10-23/h1-5,7H,8-13H2,(H,21,24). The average Bonchev–Trinajstić information content (AvgIpc) is 2.67. The summed E-state index contributed by atoms with van der Waals surface area (Å²) < 4.78 is 5.37. The molecule has 0 radical (unpaired) electrons. The van der Waals surface area contributed by atoms with E-state index >= 15 is 0 Å². The molecule has 1 aromatic carbocycles. The van der Waals surface area contributed by atoms with Crippen molar-refractivity contribution in [2.75, 3.05) is 37.7 Å². The van der Waals surface area contributed by atoms with Gasteiger partial charge in [-0.3, -0.25) is 4.79 Å². The number of morpholine rings is 1. The highest BCUT2D eigenvalue weighted by Crippen LogP contribution is 2.17. The highest BCUT2D eigenvalue weighted by atomic mass is 16.5. The van der Waals surface area contributed by atoms with Crippen LogP contribution in [0.1, 0.15) is 21.9 Å². The van der Waals surface area contributed by atoms with Crippen molar-refractivity contribution in [2.24, 2.45) is 0 Å². The highest BCUT2D eigenvalue weighted by Gasteiger charge is 2.12.